The Hall–Kier alpha value is -2.64. The lowest BCUT2D eigenvalue weighted by Crippen LogP contribution is -2.20. The van der Waals surface area contributed by atoms with Crippen molar-refractivity contribution in [1.82, 2.24) is 14.8 Å². The predicted molar refractivity (Wildman–Crippen MR) is 103 cm³/mol. The second-order valence-electron chi connectivity index (χ2n) is 5.17. The summed E-state index contributed by atoms with van der Waals surface area (Å²) in [7, 11) is 1.62. The van der Waals surface area contributed by atoms with E-state index < -0.39 is 0 Å². The smallest absolute Gasteiger partial charge is 0.248 e. The summed E-state index contributed by atoms with van der Waals surface area (Å²) in [6, 6.07) is 15.1. The lowest BCUT2D eigenvalue weighted by Gasteiger charge is -2.09. The summed E-state index contributed by atoms with van der Waals surface area (Å²) in [5.41, 5.74) is 1.78. The number of hydrogen-bond acceptors (Lipinski definition) is 4. The van der Waals surface area contributed by atoms with Crippen molar-refractivity contribution in [3.8, 4) is 5.75 Å². The number of nitrogens with one attached hydrogen (secondary N) is 2. The molecule has 0 aliphatic heterocycles. The highest BCUT2D eigenvalue weighted by molar-refractivity contribution is 7.80. The van der Waals surface area contributed by atoms with Gasteiger partial charge in [0.15, 0.2) is 5.11 Å². The van der Waals surface area contributed by atoms with Crippen molar-refractivity contribution in [2.45, 2.75) is 6.54 Å². The Morgan fingerprint density at radius 3 is 2.84 bits per heavy atom. The highest BCUT2D eigenvalue weighted by atomic mass is 35.5. The van der Waals surface area contributed by atoms with Crippen LogP contribution in [0.25, 0.3) is 0 Å². The zero-order valence-corrected chi connectivity index (χ0v) is 15.0. The number of aromatic nitrogens is 3. The molecular formula is C17H16ClN5OS. The Bertz CT molecular complexity index is 883. The van der Waals surface area contributed by atoms with E-state index in [1.54, 1.807) is 18.1 Å². The van der Waals surface area contributed by atoms with E-state index in [4.69, 9.17) is 28.6 Å². The van der Waals surface area contributed by atoms with Crippen LogP contribution in [0.3, 0.4) is 0 Å². The van der Waals surface area contributed by atoms with Crippen LogP contribution in [0.4, 0.5) is 11.6 Å². The molecule has 3 aromatic rings. The Kier molecular flexibility index (Phi) is 5.47. The molecule has 0 unspecified atom stereocenters. The molecule has 1 aromatic heterocycles. The zero-order valence-electron chi connectivity index (χ0n) is 13.4. The maximum atomic E-state index is 6.16. The van der Waals surface area contributed by atoms with Crippen LogP contribution in [0.15, 0.2) is 54.9 Å². The molecule has 2 N–H and O–H groups in total. The summed E-state index contributed by atoms with van der Waals surface area (Å²) in [5, 5.41) is 11.5. The van der Waals surface area contributed by atoms with Gasteiger partial charge < -0.3 is 10.1 Å². The first-order valence-electron chi connectivity index (χ1n) is 7.49. The van der Waals surface area contributed by atoms with E-state index in [9.17, 15) is 0 Å². The van der Waals surface area contributed by atoms with Gasteiger partial charge >= 0.3 is 0 Å². The maximum absolute atomic E-state index is 6.16. The standard InChI is InChI=1S/C17H16ClN5OS/c1-24-14-7-4-6-13(9-14)20-17(25)21-16-19-11-23(22-16)10-12-5-2-3-8-15(12)18/h2-9,11H,10H2,1H3,(H2,20,21,22,25). The van der Waals surface area contributed by atoms with Gasteiger partial charge in [0.25, 0.3) is 0 Å². The highest BCUT2D eigenvalue weighted by Crippen LogP contribution is 2.17. The molecule has 1 heterocycles. The molecule has 0 saturated heterocycles. The summed E-state index contributed by atoms with van der Waals surface area (Å²) in [6.45, 7) is 0.532. The number of thiocarbonyl (C=S) groups is 1. The quantitative estimate of drug-likeness (QED) is 0.663. The van der Waals surface area contributed by atoms with Gasteiger partial charge in [-0.15, -0.1) is 5.10 Å². The van der Waals surface area contributed by atoms with Gasteiger partial charge in [-0.3, -0.25) is 5.32 Å². The van der Waals surface area contributed by atoms with Crippen molar-refractivity contribution in [3.05, 3.63) is 65.4 Å². The minimum atomic E-state index is 0.392. The van der Waals surface area contributed by atoms with Gasteiger partial charge in [-0.25, -0.2) is 9.67 Å². The van der Waals surface area contributed by atoms with Gasteiger partial charge in [0.1, 0.15) is 12.1 Å². The number of ether oxygens (including phenoxy) is 1. The first kappa shape index (κ1) is 17.2. The molecule has 3 rings (SSSR count). The van der Waals surface area contributed by atoms with Gasteiger partial charge in [0, 0.05) is 16.8 Å². The molecule has 0 fully saturated rings. The average molecular weight is 374 g/mol. The molecule has 128 valence electrons. The Balaban J connectivity index is 1.61. The topological polar surface area (TPSA) is 64.0 Å². The third-order valence-electron chi connectivity index (χ3n) is 3.38. The monoisotopic (exact) mass is 373 g/mol. The van der Waals surface area contributed by atoms with Crippen LogP contribution in [0.1, 0.15) is 5.56 Å². The van der Waals surface area contributed by atoms with Crippen molar-refractivity contribution in [2.24, 2.45) is 0 Å². The van der Waals surface area contributed by atoms with Crippen molar-refractivity contribution < 1.29 is 4.74 Å². The van der Waals surface area contributed by atoms with Crippen molar-refractivity contribution in [3.63, 3.8) is 0 Å². The summed E-state index contributed by atoms with van der Waals surface area (Å²) in [6.07, 6.45) is 1.62. The van der Waals surface area contributed by atoms with E-state index >= 15 is 0 Å². The van der Waals surface area contributed by atoms with E-state index in [1.165, 1.54) is 0 Å². The van der Waals surface area contributed by atoms with Crippen LogP contribution in [0, 0.1) is 0 Å². The van der Waals surface area contributed by atoms with E-state index in [0.717, 1.165) is 17.0 Å². The number of nitrogens with zero attached hydrogens (tertiary/aromatic N) is 3. The van der Waals surface area contributed by atoms with Gasteiger partial charge in [-0.2, -0.15) is 0 Å². The van der Waals surface area contributed by atoms with Crippen LogP contribution in [0.5, 0.6) is 5.75 Å². The number of anilines is 2. The molecule has 0 saturated carbocycles. The Morgan fingerprint density at radius 1 is 1.20 bits per heavy atom. The minimum Gasteiger partial charge on any atom is -0.497 e. The number of hydrogen-bond donors (Lipinski definition) is 2. The molecule has 0 aliphatic carbocycles. The number of benzene rings is 2. The van der Waals surface area contributed by atoms with Gasteiger partial charge in [0.2, 0.25) is 5.95 Å². The maximum Gasteiger partial charge on any atom is 0.248 e. The van der Waals surface area contributed by atoms with Crippen LogP contribution in [0.2, 0.25) is 5.02 Å². The average Bonchev–Trinajstić information content (AvgIpc) is 3.04. The van der Waals surface area contributed by atoms with E-state index in [-0.39, 0.29) is 0 Å². The second-order valence-corrected chi connectivity index (χ2v) is 5.98. The van der Waals surface area contributed by atoms with E-state index in [1.807, 2.05) is 48.5 Å². The number of rotatable bonds is 5. The third-order valence-corrected chi connectivity index (χ3v) is 3.95. The van der Waals surface area contributed by atoms with E-state index in [2.05, 4.69) is 20.7 Å². The molecule has 6 nitrogen and oxygen atoms in total. The summed E-state index contributed by atoms with van der Waals surface area (Å²) >= 11 is 11.4. The number of methoxy groups -OCH3 is 1. The highest BCUT2D eigenvalue weighted by Gasteiger charge is 2.06. The Labute approximate surface area is 155 Å². The van der Waals surface area contributed by atoms with Crippen LogP contribution in [-0.2, 0) is 6.54 Å². The minimum absolute atomic E-state index is 0.392. The lowest BCUT2D eigenvalue weighted by atomic mass is 10.2. The normalized spacial score (nSPS) is 10.3. The second kappa shape index (κ2) is 7.96. The first-order chi connectivity index (χ1) is 12.1. The van der Waals surface area contributed by atoms with Gasteiger partial charge in [0.05, 0.1) is 13.7 Å². The fourth-order valence-corrected chi connectivity index (χ4v) is 2.60. The molecule has 25 heavy (non-hydrogen) atoms. The van der Waals surface area contributed by atoms with E-state index in [0.29, 0.717) is 22.6 Å². The molecule has 0 aliphatic rings. The number of halogens is 1. The van der Waals surface area contributed by atoms with Gasteiger partial charge in [-0.05, 0) is 36.0 Å². The third kappa shape index (κ3) is 4.68. The summed E-state index contributed by atoms with van der Waals surface area (Å²) in [5.74, 6) is 1.15. The molecule has 8 heteroatoms. The molecule has 2 aromatic carbocycles. The van der Waals surface area contributed by atoms with Crippen molar-refractivity contribution in [2.75, 3.05) is 17.7 Å². The van der Waals surface area contributed by atoms with Crippen LogP contribution in [-0.4, -0.2) is 27.0 Å². The lowest BCUT2D eigenvalue weighted by molar-refractivity contribution is 0.415. The predicted octanol–water partition coefficient (Wildman–Crippen LogP) is 3.80. The fourth-order valence-electron chi connectivity index (χ4n) is 2.19. The zero-order chi connectivity index (χ0) is 17.6. The van der Waals surface area contributed by atoms with Crippen molar-refractivity contribution >= 4 is 40.6 Å². The van der Waals surface area contributed by atoms with Crippen LogP contribution >= 0.6 is 23.8 Å². The molecule has 0 radical (unpaired) electrons. The van der Waals surface area contributed by atoms with Crippen LogP contribution < -0.4 is 15.4 Å². The van der Waals surface area contributed by atoms with Gasteiger partial charge in [-0.1, -0.05) is 35.9 Å². The molecule has 0 atom stereocenters. The summed E-state index contributed by atoms with van der Waals surface area (Å²) < 4.78 is 6.87. The molecule has 0 amide bonds. The molecular weight excluding hydrogens is 358 g/mol. The molecule has 0 bridgehead atoms. The molecule has 0 spiro atoms. The Morgan fingerprint density at radius 2 is 2.04 bits per heavy atom. The van der Waals surface area contributed by atoms with Crippen molar-refractivity contribution in [1.29, 1.82) is 0 Å². The first-order valence-corrected chi connectivity index (χ1v) is 8.27. The SMILES string of the molecule is COc1cccc(NC(=S)Nc2ncn(Cc3ccccc3Cl)n2)c1. The largest absolute Gasteiger partial charge is 0.497 e. The fraction of sp³-hybridized carbons (Fsp3) is 0.118. The summed E-state index contributed by atoms with van der Waals surface area (Å²) in [4.78, 5) is 4.20.